The molecule has 4 nitrogen and oxygen atoms in total. The number of hydrogen-bond donors (Lipinski definition) is 1. The van der Waals surface area contributed by atoms with Gasteiger partial charge in [-0.1, -0.05) is 38.1 Å². The quantitative estimate of drug-likeness (QED) is 0.837. The summed E-state index contributed by atoms with van der Waals surface area (Å²) in [7, 11) is 1.91. The van der Waals surface area contributed by atoms with Gasteiger partial charge in [-0.25, -0.2) is 0 Å². The first-order valence-electron chi connectivity index (χ1n) is 7.34. The van der Waals surface area contributed by atoms with Gasteiger partial charge in [-0.05, 0) is 37.9 Å². The maximum absolute atomic E-state index is 12.0. The lowest BCUT2D eigenvalue weighted by molar-refractivity contribution is -0.128. The average molecular weight is 290 g/mol. The summed E-state index contributed by atoms with van der Waals surface area (Å²) in [5.74, 6) is -0.00647. The number of nitrogens with one attached hydrogen (secondary N) is 1. The Bertz CT molecular complexity index is 497. The number of amides is 1. The molecular weight excluding hydrogens is 264 g/mol. The van der Waals surface area contributed by atoms with E-state index in [2.05, 4.69) is 24.4 Å². The van der Waals surface area contributed by atoms with Crippen LogP contribution in [-0.4, -0.2) is 36.2 Å². The molecule has 1 atom stereocenters. The number of Topliss-reactive ketones (excluding diaryl/α,β-unsaturated/α-hetero) is 1. The number of nitrogens with zero attached hydrogens (tertiary/aromatic N) is 1. The van der Waals surface area contributed by atoms with Crippen LogP contribution in [0.1, 0.15) is 31.9 Å². The molecule has 0 fully saturated rings. The Morgan fingerprint density at radius 1 is 1.24 bits per heavy atom. The molecule has 0 saturated carbocycles. The molecule has 0 radical (unpaired) electrons. The van der Waals surface area contributed by atoms with Crippen LogP contribution in [0.5, 0.6) is 0 Å². The number of carbonyl (C=O) groups is 2. The van der Waals surface area contributed by atoms with E-state index in [-0.39, 0.29) is 24.2 Å². The minimum atomic E-state index is -0.399. The minimum Gasteiger partial charge on any atom is -0.345 e. The first-order chi connectivity index (χ1) is 9.81. The highest BCUT2D eigenvalue weighted by molar-refractivity contribution is 5.88. The van der Waals surface area contributed by atoms with Crippen molar-refractivity contribution in [3.8, 4) is 0 Å². The molecule has 0 aliphatic rings. The SMILES string of the molecule is CC(=O)C(NC(=O)CN(C)Cc1ccccc1C)C(C)C. The van der Waals surface area contributed by atoms with Gasteiger partial charge in [0.25, 0.3) is 0 Å². The molecule has 1 N–H and O–H groups in total. The Morgan fingerprint density at radius 3 is 2.38 bits per heavy atom. The molecule has 1 aromatic rings. The normalized spacial score (nSPS) is 12.5. The molecule has 0 aromatic heterocycles. The lowest BCUT2D eigenvalue weighted by Gasteiger charge is -2.22. The van der Waals surface area contributed by atoms with Crippen molar-refractivity contribution >= 4 is 11.7 Å². The summed E-state index contributed by atoms with van der Waals surface area (Å²) in [5, 5.41) is 2.82. The minimum absolute atomic E-state index is 0.0000862. The van der Waals surface area contributed by atoms with Gasteiger partial charge in [0, 0.05) is 6.54 Å². The van der Waals surface area contributed by atoms with Gasteiger partial charge >= 0.3 is 0 Å². The van der Waals surface area contributed by atoms with E-state index >= 15 is 0 Å². The maximum atomic E-state index is 12.0. The fraction of sp³-hybridized carbons (Fsp3) is 0.529. The van der Waals surface area contributed by atoms with E-state index in [1.807, 2.05) is 37.9 Å². The van der Waals surface area contributed by atoms with Crippen molar-refractivity contribution in [1.29, 1.82) is 0 Å². The van der Waals surface area contributed by atoms with E-state index in [0.29, 0.717) is 6.54 Å². The summed E-state index contributed by atoms with van der Waals surface area (Å²) in [5.41, 5.74) is 2.42. The largest absolute Gasteiger partial charge is 0.345 e. The summed E-state index contributed by atoms with van der Waals surface area (Å²) < 4.78 is 0. The topological polar surface area (TPSA) is 49.4 Å². The van der Waals surface area contributed by atoms with E-state index in [1.54, 1.807) is 0 Å². The first-order valence-corrected chi connectivity index (χ1v) is 7.34. The number of benzene rings is 1. The van der Waals surface area contributed by atoms with Gasteiger partial charge in [0.2, 0.25) is 5.91 Å². The third kappa shape index (κ3) is 5.68. The summed E-state index contributed by atoms with van der Waals surface area (Å²) >= 11 is 0. The van der Waals surface area contributed by atoms with Gasteiger partial charge in [0.05, 0.1) is 12.6 Å². The highest BCUT2D eigenvalue weighted by atomic mass is 16.2. The zero-order valence-electron chi connectivity index (χ0n) is 13.6. The van der Waals surface area contributed by atoms with E-state index in [9.17, 15) is 9.59 Å². The first kappa shape index (κ1) is 17.4. The van der Waals surface area contributed by atoms with E-state index < -0.39 is 6.04 Å². The lowest BCUT2D eigenvalue weighted by atomic mass is 10.0. The molecule has 0 bridgehead atoms. The van der Waals surface area contributed by atoms with Crippen LogP contribution in [0.25, 0.3) is 0 Å². The second-order valence-corrected chi connectivity index (χ2v) is 6.00. The number of aryl methyl sites for hydroxylation is 1. The van der Waals surface area contributed by atoms with Crippen molar-refractivity contribution in [1.82, 2.24) is 10.2 Å². The third-order valence-electron chi connectivity index (χ3n) is 3.54. The molecule has 0 spiro atoms. The zero-order chi connectivity index (χ0) is 16.0. The third-order valence-corrected chi connectivity index (χ3v) is 3.54. The molecule has 0 saturated heterocycles. The number of rotatable bonds is 7. The second-order valence-electron chi connectivity index (χ2n) is 6.00. The van der Waals surface area contributed by atoms with E-state index in [1.165, 1.54) is 18.1 Å². The maximum Gasteiger partial charge on any atom is 0.234 e. The molecule has 1 unspecified atom stereocenters. The van der Waals surface area contributed by atoms with Crippen LogP contribution in [0.4, 0.5) is 0 Å². The number of carbonyl (C=O) groups excluding carboxylic acids is 2. The van der Waals surface area contributed by atoms with Crippen LogP contribution in [-0.2, 0) is 16.1 Å². The fourth-order valence-electron chi connectivity index (χ4n) is 2.34. The molecule has 4 heteroatoms. The lowest BCUT2D eigenvalue weighted by Crippen LogP contribution is -2.46. The standard InChI is InChI=1S/C17H26N2O2/c1-12(2)17(14(4)20)18-16(21)11-19(5)10-15-9-7-6-8-13(15)3/h6-9,12,17H,10-11H2,1-5H3,(H,18,21). The van der Waals surface area contributed by atoms with Gasteiger partial charge in [-0.3, -0.25) is 14.5 Å². The van der Waals surface area contributed by atoms with Crippen molar-refractivity contribution in [2.24, 2.45) is 5.92 Å². The zero-order valence-corrected chi connectivity index (χ0v) is 13.6. The smallest absolute Gasteiger partial charge is 0.234 e. The summed E-state index contributed by atoms with van der Waals surface area (Å²) in [6.45, 7) is 8.44. The van der Waals surface area contributed by atoms with Crippen LogP contribution in [0.3, 0.4) is 0 Å². The predicted molar refractivity (Wildman–Crippen MR) is 85.0 cm³/mol. The number of hydrogen-bond acceptors (Lipinski definition) is 3. The van der Waals surface area contributed by atoms with E-state index in [4.69, 9.17) is 0 Å². The van der Waals surface area contributed by atoms with Crippen LogP contribution >= 0.6 is 0 Å². The van der Waals surface area contributed by atoms with E-state index in [0.717, 1.165) is 0 Å². The molecule has 0 heterocycles. The summed E-state index contributed by atoms with van der Waals surface area (Å²) in [6.07, 6.45) is 0. The summed E-state index contributed by atoms with van der Waals surface area (Å²) in [6, 6.07) is 7.74. The van der Waals surface area contributed by atoms with Crippen molar-refractivity contribution < 1.29 is 9.59 Å². The molecular formula is C17H26N2O2. The van der Waals surface area contributed by atoms with Crippen LogP contribution < -0.4 is 5.32 Å². The fourth-order valence-corrected chi connectivity index (χ4v) is 2.34. The number of ketones is 1. The molecule has 1 rings (SSSR count). The molecule has 1 amide bonds. The predicted octanol–water partition coefficient (Wildman–Crippen LogP) is 2.16. The summed E-state index contributed by atoms with van der Waals surface area (Å²) in [4.78, 5) is 25.5. The number of likely N-dealkylation sites (N-methyl/N-ethyl adjacent to an activating group) is 1. The van der Waals surface area contributed by atoms with Crippen LogP contribution in [0.2, 0.25) is 0 Å². The van der Waals surface area contributed by atoms with Crippen molar-refractivity contribution in [3.05, 3.63) is 35.4 Å². The van der Waals surface area contributed by atoms with Crippen LogP contribution in [0, 0.1) is 12.8 Å². The Hall–Kier alpha value is -1.68. The Balaban J connectivity index is 2.54. The average Bonchev–Trinajstić information content (AvgIpc) is 2.38. The van der Waals surface area contributed by atoms with Crippen molar-refractivity contribution in [3.63, 3.8) is 0 Å². The molecule has 0 aliphatic carbocycles. The van der Waals surface area contributed by atoms with Gasteiger partial charge in [0.15, 0.2) is 5.78 Å². The second kappa shape index (κ2) is 7.93. The Morgan fingerprint density at radius 2 is 1.86 bits per heavy atom. The molecule has 116 valence electrons. The van der Waals surface area contributed by atoms with Crippen LogP contribution in [0.15, 0.2) is 24.3 Å². The van der Waals surface area contributed by atoms with Gasteiger partial charge in [0.1, 0.15) is 0 Å². The monoisotopic (exact) mass is 290 g/mol. The highest BCUT2D eigenvalue weighted by Gasteiger charge is 2.21. The van der Waals surface area contributed by atoms with Gasteiger partial charge < -0.3 is 5.32 Å². The van der Waals surface area contributed by atoms with Gasteiger partial charge in [-0.15, -0.1) is 0 Å². The molecule has 21 heavy (non-hydrogen) atoms. The van der Waals surface area contributed by atoms with Crippen molar-refractivity contribution in [2.45, 2.75) is 40.3 Å². The molecule has 0 aliphatic heterocycles. The Kier molecular flexibility index (Phi) is 6.56. The highest BCUT2D eigenvalue weighted by Crippen LogP contribution is 2.09. The molecule has 1 aromatic carbocycles. The van der Waals surface area contributed by atoms with Crippen molar-refractivity contribution in [2.75, 3.05) is 13.6 Å². The van der Waals surface area contributed by atoms with Gasteiger partial charge in [-0.2, -0.15) is 0 Å². The Labute approximate surface area is 127 Å².